The summed E-state index contributed by atoms with van der Waals surface area (Å²) >= 11 is 0. The molecule has 0 aliphatic heterocycles. The van der Waals surface area contributed by atoms with Gasteiger partial charge in [-0.1, -0.05) is 84.9 Å². The van der Waals surface area contributed by atoms with Gasteiger partial charge in [-0.05, 0) is 46.0 Å². The standard InChI is InChI=1S/C25H22O/c1-2-7-20(8-3-1)17-22-9-6-12-25(19-22)26-16-15-21-13-14-23-10-4-5-11-24(23)18-21/h1-14,18-19H,15-17H2. The van der Waals surface area contributed by atoms with Crippen LogP contribution < -0.4 is 4.74 Å². The van der Waals surface area contributed by atoms with Crippen molar-refractivity contribution in [3.63, 3.8) is 0 Å². The van der Waals surface area contributed by atoms with E-state index in [0.717, 1.165) is 18.6 Å². The Kier molecular flexibility index (Phi) is 4.97. The molecular weight excluding hydrogens is 316 g/mol. The Morgan fingerprint density at radius 2 is 1.31 bits per heavy atom. The molecule has 0 saturated heterocycles. The van der Waals surface area contributed by atoms with Crippen molar-refractivity contribution in [3.8, 4) is 5.75 Å². The first-order chi connectivity index (χ1) is 12.9. The second-order valence-electron chi connectivity index (χ2n) is 6.59. The largest absolute Gasteiger partial charge is 0.493 e. The van der Waals surface area contributed by atoms with Crippen LogP contribution in [0, 0.1) is 0 Å². The van der Waals surface area contributed by atoms with E-state index in [1.165, 1.54) is 27.5 Å². The highest BCUT2D eigenvalue weighted by atomic mass is 16.5. The maximum atomic E-state index is 6.00. The molecule has 0 atom stereocenters. The van der Waals surface area contributed by atoms with Gasteiger partial charge in [-0.25, -0.2) is 0 Å². The van der Waals surface area contributed by atoms with Crippen molar-refractivity contribution < 1.29 is 4.74 Å². The highest BCUT2D eigenvalue weighted by Crippen LogP contribution is 2.18. The molecule has 0 radical (unpaired) electrons. The molecule has 0 aromatic heterocycles. The molecule has 4 aromatic rings. The molecule has 1 heteroatoms. The lowest BCUT2D eigenvalue weighted by Crippen LogP contribution is -2.01. The quantitative estimate of drug-likeness (QED) is 0.416. The summed E-state index contributed by atoms with van der Waals surface area (Å²) in [5, 5.41) is 2.57. The van der Waals surface area contributed by atoms with E-state index in [4.69, 9.17) is 4.74 Å². The van der Waals surface area contributed by atoms with Crippen LogP contribution in [0.4, 0.5) is 0 Å². The van der Waals surface area contributed by atoms with Crippen molar-refractivity contribution in [2.45, 2.75) is 12.8 Å². The average Bonchev–Trinajstić information content (AvgIpc) is 2.69. The van der Waals surface area contributed by atoms with Crippen molar-refractivity contribution in [1.29, 1.82) is 0 Å². The summed E-state index contributed by atoms with van der Waals surface area (Å²) in [5.74, 6) is 0.944. The number of hydrogen-bond donors (Lipinski definition) is 0. The topological polar surface area (TPSA) is 9.23 Å². The monoisotopic (exact) mass is 338 g/mol. The van der Waals surface area contributed by atoms with Gasteiger partial charge in [-0.3, -0.25) is 0 Å². The second kappa shape index (κ2) is 7.88. The molecule has 0 bridgehead atoms. The smallest absolute Gasteiger partial charge is 0.119 e. The Hall–Kier alpha value is -3.06. The molecule has 0 aliphatic carbocycles. The number of fused-ring (bicyclic) bond motifs is 1. The molecule has 1 nitrogen and oxygen atoms in total. The molecule has 0 spiro atoms. The predicted octanol–water partition coefficient (Wildman–Crippen LogP) is 6.05. The van der Waals surface area contributed by atoms with Crippen LogP contribution in [0.15, 0.2) is 97.1 Å². The van der Waals surface area contributed by atoms with Gasteiger partial charge in [0.05, 0.1) is 6.61 Å². The van der Waals surface area contributed by atoms with E-state index >= 15 is 0 Å². The molecule has 0 fully saturated rings. The maximum absolute atomic E-state index is 6.00. The third-order valence-electron chi connectivity index (χ3n) is 4.62. The van der Waals surface area contributed by atoms with Crippen LogP contribution in [0.25, 0.3) is 10.8 Å². The zero-order chi connectivity index (χ0) is 17.6. The van der Waals surface area contributed by atoms with Gasteiger partial charge in [-0.15, -0.1) is 0 Å². The zero-order valence-electron chi connectivity index (χ0n) is 14.8. The SMILES string of the molecule is c1ccc(Cc2cccc(OCCc3ccc4ccccc4c3)c2)cc1. The van der Waals surface area contributed by atoms with Gasteiger partial charge >= 0.3 is 0 Å². The number of ether oxygens (including phenoxy) is 1. The summed E-state index contributed by atoms with van der Waals surface area (Å²) in [7, 11) is 0. The number of benzene rings is 4. The summed E-state index contributed by atoms with van der Waals surface area (Å²) in [4.78, 5) is 0. The van der Waals surface area contributed by atoms with Crippen LogP contribution in [0.2, 0.25) is 0 Å². The normalized spacial score (nSPS) is 10.8. The number of hydrogen-bond acceptors (Lipinski definition) is 1. The van der Waals surface area contributed by atoms with E-state index in [9.17, 15) is 0 Å². The lowest BCUT2D eigenvalue weighted by Gasteiger charge is -2.09. The van der Waals surface area contributed by atoms with Crippen molar-refractivity contribution in [1.82, 2.24) is 0 Å². The highest BCUT2D eigenvalue weighted by molar-refractivity contribution is 5.82. The molecule has 0 saturated carbocycles. The van der Waals surface area contributed by atoms with Gasteiger partial charge in [0.25, 0.3) is 0 Å². The van der Waals surface area contributed by atoms with Crippen LogP contribution in [-0.2, 0) is 12.8 Å². The van der Waals surface area contributed by atoms with E-state index in [0.29, 0.717) is 6.61 Å². The summed E-state index contributed by atoms with van der Waals surface area (Å²) in [5.41, 5.74) is 3.91. The first kappa shape index (κ1) is 16.4. The Morgan fingerprint density at radius 1 is 0.538 bits per heavy atom. The fourth-order valence-corrected chi connectivity index (χ4v) is 3.26. The minimum atomic E-state index is 0.688. The van der Waals surface area contributed by atoms with Crippen LogP contribution >= 0.6 is 0 Å². The zero-order valence-corrected chi connectivity index (χ0v) is 14.8. The molecule has 4 aromatic carbocycles. The van der Waals surface area contributed by atoms with E-state index in [1.807, 2.05) is 6.07 Å². The second-order valence-corrected chi connectivity index (χ2v) is 6.59. The van der Waals surface area contributed by atoms with Crippen molar-refractivity contribution in [2.24, 2.45) is 0 Å². The van der Waals surface area contributed by atoms with E-state index in [-0.39, 0.29) is 0 Å². The first-order valence-corrected chi connectivity index (χ1v) is 9.10. The molecule has 0 aliphatic rings. The summed E-state index contributed by atoms with van der Waals surface area (Å²) < 4.78 is 6.00. The van der Waals surface area contributed by atoms with Crippen LogP contribution in [0.3, 0.4) is 0 Å². The third-order valence-corrected chi connectivity index (χ3v) is 4.62. The average molecular weight is 338 g/mol. The third kappa shape index (κ3) is 4.12. The minimum absolute atomic E-state index is 0.688. The Balaban J connectivity index is 1.37. The van der Waals surface area contributed by atoms with Crippen molar-refractivity contribution in [2.75, 3.05) is 6.61 Å². The summed E-state index contributed by atoms with van der Waals surface area (Å²) in [6.45, 7) is 0.688. The molecule has 128 valence electrons. The van der Waals surface area contributed by atoms with Gasteiger partial charge in [0.2, 0.25) is 0 Å². The lowest BCUT2D eigenvalue weighted by molar-refractivity contribution is 0.322. The van der Waals surface area contributed by atoms with Gasteiger partial charge in [0, 0.05) is 6.42 Å². The Morgan fingerprint density at radius 3 is 2.19 bits per heavy atom. The molecular formula is C25H22O. The van der Waals surface area contributed by atoms with E-state index < -0.39 is 0 Å². The fraction of sp³-hybridized carbons (Fsp3) is 0.120. The number of rotatable bonds is 6. The van der Waals surface area contributed by atoms with Crippen LogP contribution in [0.1, 0.15) is 16.7 Å². The molecule has 0 N–H and O–H groups in total. The first-order valence-electron chi connectivity index (χ1n) is 9.10. The summed E-state index contributed by atoms with van der Waals surface area (Å²) in [6, 6.07) is 34.0. The van der Waals surface area contributed by atoms with Crippen LogP contribution in [0.5, 0.6) is 5.75 Å². The van der Waals surface area contributed by atoms with E-state index in [2.05, 4.69) is 91.0 Å². The molecule has 4 rings (SSSR count). The minimum Gasteiger partial charge on any atom is -0.493 e. The highest BCUT2D eigenvalue weighted by Gasteiger charge is 2.01. The molecule has 0 amide bonds. The molecule has 0 unspecified atom stereocenters. The Bertz CT molecular complexity index is 989. The van der Waals surface area contributed by atoms with Crippen molar-refractivity contribution >= 4 is 10.8 Å². The van der Waals surface area contributed by atoms with E-state index in [1.54, 1.807) is 0 Å². The van der Waals surface area contributed by atoms with Crippen LogP contribution in [-0.4, -0.2) is 6.61 Å². The van der Waals surface area contributed by atoms with Gasteiger partial charge < -0.3 is 4.74 Å². The van der Waals surface area contributed by atoms with Gasteiger partial charge in [-0.2, -0.15) is 0 Å². The molecule has 26 heavy (non-hydrogen) atoms. The maximum Gasteiger partial charge on any atom is 0.119 e. The lowest BCUT2D eigenvalue weighted by atomic mass is 10.0. The predicted molar refractivity (Wildman–Crippen MR) is 109 cm³/mol. The fourth-order valence-electron chi connectivity index (χ4n) is 3.26. The van der Waals surface area contributed by atoms with Gasteiger partial charge in [0.1, 0.15) is 5.75 Å². The van der Waals surface area contributed by atoms with Crippen molar-refractivity contribution in [3.05, 3.63) is 114 Å². The van der Waals surface area contributed by atoms with Gasteiger partial charge in [0.15, 0.2) is 0 Å². The molecule has 0 heterocycles. The Labute approximate surface area is 154 Å². The summed E-state index contributed by atoms with van der Waals surface area (Å²) in [6.07, 6.45) is 1.84.